The van der Waals surface area contributed by atoms with Crippen molar-refractivity contribution >= 4 is 5.82 Å². The van der Waals surface area contributed by atoms with Crippen LogP contribution in [0.15, 0.2) is 12.1 Å². The van der Waals surface area contributed by atoms with Gasteiger partial charge in [0.1, 0.15) is 5.82 Å². The fraction of sp³-hybridized carbons (Fsp3) is 0.688. The summed E-state index contributed by atoms with van der Waals surface area (Å²) in [5.41, 5.74) is 2.11. The van der Waals surface area contributed by atoms with Crippen LogP contribution in [0.25, 0.3) is 0 Å². The highest BCUT2D eigenvalue weighted by Crippen LogP contribution is 2.25. The first-order chi connectivity index (χ1) is 9.26. The van der Waals surface area contributed by atoms with E-state index in [1.54, 1.807) is 0 Å². The van der Waals surface area contributed by atoms with Crippen LogP contribution in [-0.2, 0) is 13.0 Å². The van der Waals surface area contributed by atoms with Gasteiger partial charge in [0.15, 0.2) is 0 Å². The zero-order valence-electron chi connectivity index (χ0n) is 12.2. The topological polar surface area (TPSA) is 36.4 Å². The molecule has 0 aliphatic carbocycles. The molecule has 1 fully saturated rings. The van der Waals surface area contributed by atoms with Crippen LogP contribution in [0, 0.1) is 5.92 Å². The van der Waals surface area contributed by atoms with Gasteiger partial charge in [-0.05, 0) is 42.9 Å². The number of anilines is 1. The molecule has 3 heteroatoms. The van der Waals surface area contributed by atoms with Crippen molar-refractivity contribution < 1.29 is 5.11 Å². The Kier molecular flexibility index (Phi) is 5.20. The van der Waals surface area contributed by atoms with E-state index < -0.39 is 0 Å². The van der Waals surface area contributed by atoms with E-state index in [-0.39, 0.29) is 6.61 Å². The number of aromatic nitrogens is 1. The average molecular weight is 262 g/mol. The molecule has 1 aliphatic rings. The number of aryl methyl sites for hydroxylation is 1. The summed E-state index contributed by atoms with van der Waals surface area (Å²) in [5.74, 6) is 1.86. The van der Waals surface area contributed by atoms with Gasteiger partial charge in [-0.25, -0.2) is 4.98 Å². The molecular formula is C16H26N2O. The van der Waals surface area contributed by atoms with Gasteiger partial charge in [0.05, 0.1) is 6.61 Å². The maximum Gasteiger partial charge on any atom is 0.129 e. The molecule has 0 aromatic carbocycles. The molecule has 0 spiro atoms. The van der Waals surface area contributed by atoms with Crippen molar-refractivity contribution in [2.75, 3.05) is 18.0 Å². The number of hydrogen-bond donors (Lipinski definition) is 1. The van der Waals surface area contributed by atoms with Crippen molar-refractivity contribution in [3.05, 3.63) is 23.4 Å². The summed E-state index contributed by atoms with van der Waals surface area (Å²) in [6.07, 6.45) is 5.93. The van der Waals surface area contributed by atoms with Gasteiger partial charge in [-0.3, -0.25) is 0 Å². The second-order valence-corrected chi connectivity index (χ2v) is 5.60. The van der Waals surface area contributed by atoms with E-state index in [4.69, 9.17) is 4.98 Å². The Morgan fingerprint density at radius 2 is 2.21 bits per heavy atom. The number of piperidine rings is 1. The number of rotatable bonds is 5. The molecule has 0 saturated carbocycles. The van der Waals surface area contributed by atoms with Gasteiger partial charge in [-0.2, -0.15) is 0 Å². The van der Waals surface area contributed by atoms with Crippen LogP contribution >= 0.6 is 0 Å². The van der Waals surface area contributed by atoms with E-state index in [9.17, 15) is 5.11 Å². The summed E-state index contributed by atoms with van der Waals surface area (Å²) in [7, 11) is 0. The number of pyridine rings is 1. The molecule has 1 aromatic rings. The molecule has 1 unspecified atom stereocenters. The molecule has 0 amide bonds. The minimum absolute atomic E-state index is 0.108. The summed E-state index contributed by atoms with van der Waals surface area (Å²) in [6.45, 7) is 6.76. The molecule has 0 bridgehead atoms. The predicted molar refractivity (Wildman–Crippen MR) is 79.4 cm³/mol. The molecule has 1 saturated heterocycles. The lowest BCUT2D eigenvalue weighted by molar-refractivity contribution is 0.281. The van der Waals surface area contributed by atoms with Gasteiger partial charge in [0.25, 0.3) is 0 Å². The molecule has 0 radical (unpaired) electrons. The predicted octanol–water partition coefficient (Wildman–Crippen LogP) is 3.15. The quantitative estimate of drug-likeness (QED) is 0.885. The molecule has 1 aliphatic heterocycles. The number of nitrogens with zero attached hydrogens (tertiary/aromatic N) is 2. The first-order valence-electron chi connectivity index (χ1n) is 7.62. The lowest BCUT2D eigenvalue weighted by Gasteiger charge is -2.33. The normalized spacial score (nSPS) is 19.7. The molecule has 106 valence electrons. The molecule has 3 nitrogen and oxygen atoms in total. The number of aliphatic hydroxyl groups is 1. The zero-order chi connectivity index (χ0) is 13.7. The minimum Gasteiger partial charge on any atom is -0.392 e. The molecule has 2 heterocycles. The third-order valence-corrected chi connectivity index (χ3v) is 4.03. The fourth-order valence-corrected chi connectivity index (χ4v) is 2.88. The summed E-state index contributed by atoms with van der Waals surface area (Å²) in [6, 6.07) is 4.09. The van der Waals surface area contributed by atoms with Gasteiger partial charge in [-0.15, -0.1) is 0 Å². The number of hydrogen-bond acceptors (Lipinski definition) is 3. The standard InChI is InChI=1S/C16H26N2O/c1-3-6-15-9-14(12-19)10-16(17-15)18-8-5-7-13(4-2)11-18/h9-10,13,19H,3-8,11-12H2,1-2H3. The Labute approximate surface area is 116 Å². The Morgan fingerprint density at radius 1 is 1.37 bits per heavy atom. The summed E-state index contributed by atoms with van der Waals surface area (Å²) < 4.78 is 0. The molecule has 1 N–H and O–H groups in total. The summed E-state index contributed by atoms with van der Waals surface area (Å²) in [5, 5.41) is 9.40. The van der Waals surface area contributed by atoms with Gasteiger partial charge >= 0.3 is 0 Å². The highest BCUT2D eigenvalue weighted by molar-refractivity contribution is 5.43. The van der Waals surface area contributed by atoms with Crippen molar-refractivity contribution in [1.82, 2.24) is 4.98 Å². The van der Waals surface area contributed by atoms with E-state index in [1.165, 1.54) is 19.3 Å². The zero-order valence-corrected chi connectivity index (χ0v) is 12.2. The van der Waals surface area contributed by atoms with Gasteiger partial charge < -0.3 is 10.0 Å². The van der Waals surface area contributed by atoms with Crippen LogP contribution in [0.2, 0.25) is 0 Å². The maximum absolute atomic E-state index is 9.40. The summed E-state index contributed by atoms with van der Waals surface area (Å²) >= 11 is 0. The Hall–Kier alpha value is -1.09. The van der Waals surface area contributed by atoms with E-state index in [1.807, 2.05) is 6.07 Å². The fourth-order valence-electron chi connectivity index (χ4n) is 2.88. The Bertz CT molecular complexity index is 406. The second kappa shape index (κ2) is 6.90. The number of aliphatic hydroxyl groups excluding tert-OH is 1. The van der Waals surface area contributed by atoms with Crippen LogP contribution in [0.1, 0.15) is 50.8 Å². The van der Waals surface area contributed by atoms with Gasteiger partial charge in [0.2, 0.25) is 0 Å². The average Bonchev–Trinajstić information content (AvgIpc) is 2.47. The van der Waals surface area contributed by atoms with Crippen molar-refractivity contribution in [3.8, 4) is 0 Å². The third-order valence-electron chi connectivity index (χ3n) is 4.03. The van der Waals surface area contributed by atoms with Crippen LogP contribution in [0.3, 0.4) is 0 Å². The third kappa shape index (κ3) is 3.69. The van der Waals surface area contributed by atoms with Crippen molar-refractivity contribution in [1.29, 1.82) is 0 Å². The van der Waals surface area contributed by atoms with Gasteiger partial charge in [-0.1, -0.05) is 26.7 Å². The smallest absolute Gasteiger partial charge is 0.129 e. The minimum atomic E-state index is 0.108. The Morgan fingerprint density at radius 3 is 2.89 bits per heavy atom. The van der Waals surface area contributed by atoms with E-state index in [0.29, 0.717) is 0 Å². The van der Waals surface area contributed by atoms with Crippen LogP contribution in [-0.4, -0.2) is 23.2 Å². The van der Waals surface area contributed by atoms with Crippen molar-refractivity contribution in [3.63, 3.8) is 0 Å². The first kappa shape index (κ1) is 14.3. The SMILES string of the molecule is CCCc1cc(CO)cc(N2CCCC(CC)C2)n1. The van der Waals surface area contributed by atoms with Crippen LogP contribution in [0.5, 0.6) is 0 Å². The summed E-state index contributed by atoms with van der Waals surface area (Å²) in [4.78, 5) is 7.18. The lowest BCUT2D eigenvalue weighted by Crippen LogP contribution is -2.35. The van der Waals surface area contributed by atoms with Crippen LogP contribution < -0.4 is 4.90 Å². The highest BCUT2D eigenvalue weighted by Gasteiger charge is 2.20. The molecule has 19 heavy (non-hydrogen) atoms. The molecule has 1 aromatic heterocycles. The maximum atomic E-state index is 9.40. The molecular weight excluding hydrogens is 236 g/mol. The highest BCUT2D eigenvalue weighted by atomic mass is 16.3. The Balaban J connectivity index is 2.19. The van der Waals surface area contributed by atoms with E-state index in [0.717, 1.165) is 48.9 Å². The molecule has 2 rings (SSSR count). The monoisotopic (exact) mass is 262 g/mol. The van der Waals surface area contributed by atoms with E-state index >= 15 is 0 Å². The largest absolute Gasteiger partial charge is 0.392 e. The van der Waals surface area contributed by atoms with Crippen molar-refractivity contribution in [2.24, 2.45) is 5.92 Å². The van der Waals surface area contributed by atoms with Crippen LogP contribution in [0.4, 0.5) is 5.82 Å². The lowest BCUT2D eigenvalue weighted by atomic mass is 9.95. The van der Waals surface area contributed by atoms with Crippen molar-refractivity contribution in [2.45, 2.75) is 52.6 Å². The van der Waals surface area contributed by atoms with E-state index in [2.05, 4.69) is 24.8 Å². The van der Waals surface area contributed by atoms with Gasteiger partial charge in [0, 0.05) is 18.8 Å². The molecule has 1 atom stereocenters. The second-order valence-electron chi connectivity index (χ2n) is 5.60. The first-order valence-corrected chi connectivity index (χ1v) is 7.62.